The normalized spacial score (nSPS) is 26.0. The highest BCUT2D eigenvalue weighted by molar-refractivity contribution is 6.62. The van der Waals surface area contributed by atoms with Gasteiger partial charge in [0, 0.05) is 13.0 Å². The molecule has 178 valence electrons. The quantitative estimate of drug-likeness (QED) is 0.643. The van der Waals surface area contributed by atoms with Gasteiger partial charge >= 0.3 is 7.12 Å². The molecule has 2 aliphatic rings. The number of nitrogens with zero attached hydrogens (tertiary/aromatic N) is 1. The summed E-state index contributed by atoms with van der Waals surface area (Å²) in [6, 6.07) is 18.8. The van der Waals surface area contributed by atoms with Gasteiger partial charge in [-0.2, -0.15) is 5.06 Å². The first-order valence-corrected chi connectivity index (χ1v) is 12.0. The van der Waals surface area contributed by atoms with Crippen LogP contribution < -0.4 is 5.46 Å². The molecule has 0 saturated carbocycles. The van der Waals surface area contributed by atoms with E-state index >= 15 is 0 Å². The molecule has 2 aromatic rings. The molecule has 0 bridgehead atoms. The van der Waals surface area contributed by atoms with Gasteiger partial charge in [0.2, 0.25) is 0 Å². The summed E-state index contributed by atoms with van der Waals surface area (Å²) in [5.41, 5.74) is 1.23. The lowest BCUT2D eigenvalue weighted by molar-refractivity contribution is -0.231. The standard InChI is InChI=1S/C27H38BNO4/c1-20(21-13-15-23(16-14-21)28-31-25(4,5)26(6,7)32-28)29-18-17-27(33-29,19-24(2,3)30)22-11-9-8-10-12-22/h8-16,20,30H,17-19H2,1-7H3/t20-,27-/m0/s1. The van der Waals surface area contributed by atoms with Gasteiger partial charge in [0.15, 0.2) is 0 Å². The van der Waals surface area contributed by atoms with Crippen molar-refractivity contribution < 1.29 is 19.3 Å². The lowest BCUT2D eigenvalue weighted by atomic mass is 9.78. The van der Waals surface area contributed by atoms with Crippen LogP contribution in [0.2, 0.25) is 0 Å². The molecule has 2 fully saturated rings. The monoisotopic (exact) mass is 451 g/mol. The zero-order chi connectivity index (χ0) is 24.1. The van der Waals surface area contributed by atoms with Gasteiger partial charge in [-0.15, -0.1) is 0 Å². The SMILES string of the molecule is C[C@@H](c1ccc(B2OC(C)(C)C(C)(C)O2)cc1)N1CC[C@](CC(C)(C)O)(c2ccccc2)O1. The summed E-state index contributed by atoms with van der Waals surface area (Å²) in [4.78, 5) is 6.64. The van der Waals surface area contributed by atoms with Crippen molar-refractivity contribution in [3.63, 3.8) is 0 Å². The average Bonchev–Trinajstić information content (AvgIpc) is 3.25. The topological polar surface area (TPSA) is 51.2 Å². The van der Waals surface area contributed by atoms with Crippen molar-refractivity contribution in [3.05, 3.63) is 65.7 Å². The Balaban J connectivity index is 1.50. The van der Waals surface area contributed by atoms with Gasteiger partial charge in [0.05, 0.1) is 22.8 Å². The maximum atomic E-state index is 10.6. The van der Waals surface area contributed by atoms with Crippen LogP contribution in [-0.4, -0.2) is 40.6 Å². The molecule has 0 aliphatic carbocycles. The van der Waals surface area contributed by atoms with E-state index in [4.69, 9.17) is 14.1 Å². The molecule has 2 aliphatic heterocycles. The summed E-state index contributed by atoms with van der Waals surface area (Å²) < 4.78 is 12.4. The predicted octanol–water partition coefficient (Wildman–Crippen LogP) is 4.74. The van der Waals surface area contributed by atoms with Crippen LogP contribution >= 0.6 is 0 Å². The van der Waals surface area contributed by atoms with Crippen LogP contribution in [0.25, 0.3) is 0 Å². The second kappa shape index (κ2) is 8.51. The number of rotatable bonds is 6. The van der Waals surface area contributed by atoms with E-state index in [1.165, 1.54) is 5.56 Å². The van der Waals surface area contributed by atoms with Crippen molar-refractivity contribution in [2.24, 2.45) is 0 Å². The van der Waals surface area contributed by atoms with E-state index in [-0.39, 0.29) is 24.4 Å². The van der Waals surface area contributed by atoms with Gasteiger partial charge in [-0.1, -0.05) is 54.6 Å². The van der Waals surface area contributed by atoms with Gasteiger partial charge in [-0.05, 0) is 71.5 Å². The molecule has 0 amide bonds. The maximum Gasteiger partial charge on any atom is 0.494 e. The summed E-state index contributed by atoms with van der Waals surface area (Å²) in [6.45, 7) is 14.9. The summed E-state index contributed by atoms with van der Waals surface area (Å²) in [5.74, 6) is 0. The van der Waals surface area contributed by atoms with E-state index < -0.39 is 11.2 Å². The Labute approximate surface area is 199 Å². The predicted molar refractivity (Wildman–Crippen MR) is 132 cm³/mol. The van der Waals surface area contributed by atoms with E-state index in [0.717, 1.165) is 24.0 Å². The summed E-state index contributed by atoms with van der Waals surface area (Å²) in [7, 11) is -0.361. The summed E-state index contributed by atoms with van der Waals surface area (Å²) in [5, 5.41) is 12.7. The molecule has 2 saturated heterocycles. The third-order valence-corrected chi connectivity index (χ3v) is 7.42. The molecule has 0 unspecified atom stereocenters. The summed E-state index contributed by atoms with van der Waals surface area (Å²) >= 11 is 0. The highest BCUT2D eigenvalue weighted by Gasteiger charge is 2.51. The molecule has 0 spiro atoms. The first-order valence-electron chi connectivity index (χ1n) is 12.0. The lowest BCUT2D eigenvalue weighted by Crippen LogP contribution is -2.41. The Morgan fingerprint density at radius 3 is 2.09 bits per heavy atom. The fourth-order valence-corrected chi connectivity index (χ4v) is 4.82. The lowest BCUT2D eigenvalue weighted by Gasteiger charge is -2.35. The fourth-order valence-electron chi connectivity index (χ4n) is 4.82. The van der Waals surface area contributed by atoms with Crippen molar-refractivity contribution >= 4 is 12.6 Å². The van der Waals surface area contributed by atoms with Gasteiger partial charge in [-0.3, -0.25) is 4.84 Å². The summed E-state index contributed by atoms with van der Waals surface area (Å²) in [6.07, 6.45) is 1.37. The Hall–Kier alpha value is -1.70. The molecule has 4 rings (SSSR count). The minimum absolute atomic E-state index is 0.0738. The molecule has 0 aromatic heterocycles. The molecule has 33 heavy (non-hydrogen) atoms. The minimum Gasteiger partial charge on any atom is -0.399 e. The Bertz CT molecular complexity index is 938. The van der Waals surface area contributed by atoms with Crippen molar-refractivity contribution in [2.45, 2.75) is 89.8 Å². The minimum atomic E-state index is -0.834. The van der Waals surface area contributed by atoms with Gasteiger partial charge in [0.1, 0.15) is 5.60 Å². The van der Waals surface area contributed by atoms with Gasteiger partial charge in [0.25, 0.3) is 0 Å². The molecular formula is C27H38BNO4. The number of hydroxylamine groups is 2. The highest BCUT2D eigenvalue weighted by Crippen LogP contribution is 2.44. The molecular weight excluding hydrogens is 413 g/mol. The smallest absolute Gasteiger partial charge is 0.399 e. The molecule has 5 nitrogen and oxygen atoms in total. The first-order chi connectivity index (χ1) is 15.3. The molecule has 0 radical (unpaired) electrons. The molecule has 1 N–H and O–H groups in total. The van der Waals surface area contributed by atoms with Crippen LogP contribution in [0, 0.1) is 0 Å². The Kier molecular flexibility index (Phi) is 6.30. The van der Waals surface area contributed by atoms with E-state index in [1.54, 1.807) is 0 Å². The van der Waals surface area contributed by atoms with Crippen LogP contribution in [-0.2, 0) is 19.7 Å². The van der Waals surface area contributed by atoms with E-state index in [1.807, 2.05) is 32.0 Å². The van der Waals surface area contributed by atoms with E-state index in [0.29, 0.717) is 6.42 Å². The number of hydrogen-bond donors (Lipinski definition) is 1. The highest BCUT2D eigenvalue weighted by atomic mass is 16.7. The van der Waals surface area contributed by atoms with E-state index in [9.17, 15) is 5.11 Å². The van der Waals surface area contributed by atoms with Crippen molar-refractivity contribution in [1.82, 2.24) is 5.06 Å². The van der Waals surface area contributed by atoms with Crippen molar-refractivity contribution in [2.75, 3.05) is 6.54 Å². The molecule has 2 atom stereocenters. The molecule has 6 heteroatoms. The van der Waals surface area contributed by atoms with Crippen LogP contribution in [0.3, 0.4) is 0 Å². The molecule has 2 heterocycles. The van der Waals surface area contributed by atoms with Gasteiger partial charge < -0.3 is 14.4 Å². The van der Waals surface area contributed by atoms with E-state index in [2.05, 4.69) is 76.1 Å². The van der Waals surface area contributed by atoms with Crippen LogP contribution in [0.5, 0.6) is 0 Å². The average molecular weight is 451 g/mol. The Morgan fingerprint density at radius 2 is 1.55 bits per heavy atom. The van der Waals surface area contributed by atoms with Crippen molar-refractivity contribution in [1.29, 1.82) is 0 Å². The zero-order valence-electron chi connectivity index (χ0n) is 21.1. The van der Waals surface area contributed by atoms with Crippen molar-refractivity contribution in [3.8, 4) is 0 Å². The van der Waals surface area contributed by atoms with Crippen LogP contribution in [0.1, 0.15) is 78.5 Å². The second-order valence-electron chi connectivity index (χ2n) is 11.3. The fraction of sp³-hybridized carbons (Fsp3) is 0.556. The number of aliphatic hydroxyl groups is 1. The number of hydrogen-bond acceptors (Lipinski definition) is 5. The Morgan fingerprint density at radius 1 is 0.970 bits per heavy atom. The molecule has 2 aromatic carbocycles. The van der Waals surface area contributed by atoms with Crippen LogP contribution in [0.4, 0.5) is 0 Å². The largest absolute Gasteiger partial charge is 0.494 e. The maximum absolute atomic E-state index is 10.6. The number of benzene rings is 2. The second-order valence-corrected chi connectivity index (χ2v) is 11.3. The van der Waals surface area contributed by atoms with Crippen LogP contribution in [0.15, 0.2) is 54.6 Å². The van der Waals surface area contributed by atoms with Gasteiger partial charge in [-0.25, -0.2) is 0 Å². The first kappa shape index (κ1) is 24.4. The third kappa shape index (κ3) is 4.91. The third-order valence-electron chi connectivity index (χ3n) is 7.42. The zero-order valence-corrected chi connectivity index (χ0v) is 21.1.